The van der Waals surface area contributed by atoms with Crippen molar-refractivity contribution in [2.75, 3.05) is 5.73 Å². The SMILES string of the molecule is CCC1CCC(n2nnnc2-c2ccc(C)c(N)c2)C1C. The van der Waals surface area contributed by atoms with E-state index in [9.17, 15) is 0 Å². The lowest BCUT2D eigenvalue weighted by molar-refractivity contribution is 0.310. The van der Waals surface area contributed by atoms with Gasteiger partial charge >= 0.3 is 0 Å². The first-order valence-corrected chi connectivity index (χ1v) is 7.76. The third kappa shape index (κ3) is 2.41. The van der Waals surface area contributed by atoms with E-state index in [1.54, 1.807) is 0 Å². The van der Waals surface area contributed by atoms with Crippen molar-refractivity contribution in [2.45, 2.75) is 46.1 Å². The van der Waals surface area contributed by atoms with E-state index in [2.05, 4.69) is 29.4 Å². The lowest BCUT2D eigenvalue weighted by Crippen LogP contribution is -2.18. The van der Waals surface area contributed by atoms with Gasteiger partial charge in [-0.2, -0.15) is 0 Å². The summed E-state index contributed by atoms with van der Waals surface area (Å²) < 4.78 is 2.00. The number of hydrogen-bond donors (Lipinski definition) is 1. The number of nitrogens with zero attached hydrogens (tertiary/aromatic N) is 4. The number of anilines is 1. The minimum Gasteiger partial charge on any atom is -0.398 e. The van der Waals surface area contributed by atoms with Crippen molar-refractivity contribution < 1.29 is 0 Å². The van der Waals surface area contributed by atoms with E-state index in [-0.39, 0.29) is 0 Å². The zero-order valence-electron chi connectivity index (χ0n) is 13.0. The maximum atomic E-state index is 6.02. The van der Waals surface area contributed by atoms with Crippen LogP contribution < -0.4 is 5.73 Å². The molecule has 21 heavy (non-hydrogen) atoms. The van der Waals surface area contributed by atoms with Gasteiger partial charge in [0.15, 0.2) is 5.82 Å². The first-order valence-electron chi connectivity index (χ1n) is 7.76. The largest absolute Gasteiger partial charge is 0.398 e. The van der Waals surface area contributed by atoms with Crippen molar-refractivity contribution in [1.82, 2.24) is 20.2 Å². The highest BCUT2D eigenvalue weighted by molar-refractivity contribution is 5.63. The molecule has 2 N–H and O–H groups in total. The molecule has 3 rings (SSSR count). The molecule has 1 heterocycles. The highest BCUT2D eigenvalue weighted by Gasteiger charge is 2.35. The Kier molecular flexibility index (Phi) is 3.66. The number of benzene rings is 1. The van der Waals surface area contributed by atoms with Crippen LogP contribution in [0.4, 0.5) is 5.69 Å². The Morgan fingerprint density at radius 1 is 1.33 bits per heavy atom. The lowest BCUT2D eigenvalue weighted by Gasteiger charge is -2.20. The van der Waals surface area contributed by atoms with Crippen LogP contribution in [0, 0.1) is 18.8 Å². The van der Waals surface area contributed by atoms with E-state index < -0.39 is 0 Å². The van der Waals surface area contributed by atoms with Crippen LogP contribution in [0.25, 0.3) is 11.4 Å². The molecular weight excluding hydrogens is 262 g/mol. The Balaban J connectivity index is 1.96. The minimum atomic E-state index is 0.391. The second kappa shape index (κ2) is 5.47. The highest BCUT2D eigenvalue weighted by Crippen LogP contribution is 2.42. The predicted octanol–water partition coefficient (Wildman–Crippen LogP) is 3.23. The average Bonchev–Trinajstić information content (AvgIpc) is 3.08. The summed E-state index contributed by atoms with van der Waals surface area (Å²) in [4.78, 5) is 0. The molecule has 0 aliphatic heterocycles. The molecule has 0 spiro atoms. The normalized spacial score (nSPS) is 25.4. The number of aryl methyl sites for hydroxylation is 1. The maximum Gasteiger partial charge on any atom is 0.182 e. The molecule has 1 aliphatic carbocycles. The summed E-state index contributed by atoms with van der Waals surface area (Å²) in [6, 6.07) is 6.43. The summed E-state index contributed by atoms with van der Waals surface area (Å²) >= 11 is 0. The van der Waals surface area contributed by atoms with Crippen molar-refractivity contribution in [1.29, 1.82) is 0 Å². The minimum absolute atomic E-state index is 0.391. The molecule has 0 bridgehead atoms. The molecule has 1 aromatic carbocycles. The van der Waals surface area contributed by atoms with Crippen LogP contribution in [0.1, 0.15) is 44.7 Å². The molecule has 2 aromatic rings. The fourth-order valence-electron chi connectivity index (χ4n) is 3.53. The molecule has 0 radical (unpaired) electrons. The molecule has 1 saturated carbocycles. The van der Waals surface area contributed by atoms with Crippen molar-refractivity contribution in [3.8, 4) is 11.4 Å². The summed E-state index contributed by atoms with van der Waals surface area (Å²) in [6.45, 7) is 6.60. The van der Waals surface area contributed by atoms with Gasteiger partial charge in [-0.15, -0.1) is 5.10 Å². The first-order chi connectivity index (χ1) is 10.1. The molecule has 112 valence electrons. The Labute approximate surface area is 125 Å². The third-order valence-corrected chi connectivity index (χ3v) is 5.05. The van der Waals surface area contributed by atoms with Crippen LogP contribution in [0.15, 0.2) is 18.2 Å². The summed E-state index contributed by atoms with van der Waals surface area (Å²) in [5.74, 6) is 2.21. The first kappa shape index (κ1) is 14.0. The summed E-state index contributed by atoms with van der Waals surface area (Å²) in [5.41, 5.74) is 8.89. The van der Waals surface area contributed by atoms with Crippen LogP contribution in [0.2, 0.25) is 0 Å². The van der Waals surface area contributed by atoms with Gasteiger partial charge in [-0.3, -0.25) is 0 Å². The van der Waals surface area contributed by atoms with Crippen LogP contribution in [-0.2, 0) is 0 Å². The van der Waals surface area contributed by atoms with Crippen molar-refractivity contribution >= 4 is 5.69 Å². The predicted molar refractivity (Wildman–Crippen MR) is 83.6 cm³/mol. The topological polar surface area (TPSA) is 69.6 Å². The average molecular weight is 285 g/mol. The van der Waals surface area contributed by atoms with Gasteiger partial charge < -0.3 is 5.73 Å². The van der Waals surface area contributed by atoms with Crippen LogP contribution >= 0.6 is 0 Å². The number of rotatable bonds is 3. The summed E-state index contributed by atoms with van der Waals surface area (Å²) in [7, 11) is 0. The van der Waals surface area contributed by atoms with E-state index in [4.69, 9.17) is 5.73 Å². The zero-order valence-corrected chi connectivity index (χ0v) is 13.0. The van der Waals surface area contributed by atoms with Gasteiger partial charge in [0.05, 0.1) is 6.04 Å². The molecule has 0 amide bonds. The van der Waals surface area contributed by atoms with Crippen LogP contribution in [0.5, 0.6) is 0 Å². The molecule has 1 fully saturated rings. The van der Waals surface area contributed by atoms with Crippen molar-refractivity contribution in [2.24, 2.45) is 11.8 Å². The van der Waals surface area contributed by atoms with Gasteiger partial charge in [0.1, 0.15) is 0 Å². The number of aromatic nitrogens is 4. The third-order valence-electron chi connectivity index (χ3n) is 5.05. The molecule has 3 atom stereocenters. The smallest absolute Gasteiger partial charge is 0.182 e. The summed E-state index contributed by atoms with van der Waals surface area (Å²) in [6.07, 6.45) is 3.64. The van der Waals surface area contributed by atoms with Crippen molar-refractivity contribution in [3.63, 3.8) is 0 Å². The van der Waals surface area contributed by atoms with Gasteiger partial charge in [0.2, 0.25) is 0 Å². The van der Waals surface area contributed by atoms with Crippen LogP contribution in [-0.4, -0.2) is 20.2 Å². The van der Waals surface area contributed by atoms with E-state index in [0.29, 0.717) is 12.0 Å². The maximum absolute atomic E-state index is 6.02. The van der Waals surface area contributed by atoms with Gasteiger partial charge in [-0.1, -0.05) is 32.4 Å². The molecule has 5 heteroatoms. The number of tetrazole rings is 1. The highest BCUT2D eigenvalue weighted by atomic mass is 15.6. The van der Waals surface area contributed by atoms with E-state index >= 15 is 0 Å². The van der Waals surface area contributed by atoms with Crippen molar-refractivity contribution in [3.05, 3.63) is 23.8 Å². The van der Waals surface area contributed by atoms with Gasteiger partial charge in [-0.25, -0.2) is 4.68 Å². The van der Waals surface area contributed by atoms with E-state index in [1.165, 1.54) is 12.8 Å². The number of nitrogen functional groups attached to an aromatic ring is 1. The second-order valence-corrected chi connectivity index (χ2v) is 6.19. The molecule has 1 aromatic heterocycles. The Morgan fingerprint density at radius 3 is 2.81 bits per heavy atom. The lowest BCUT2D eigenvalue weighted by atomic mass is 9.93. The quantitative estimate of drug-likeness (QED) is 0.879. The summed E-state index contributed by atoms with van der Waals surface area (Å²) in [5, 5.41) is 12.4. The van der Waals surface area contributed by atoms with Gasteiger partial charge in [0, 0.05) is 11.3 Å². The van der Waals surface area contributed by atoms with E-state index in [1.807, 2.05) is 29.8 Å². The van der Waals surface area contributed by atoms with E-state index in [0.717, 1.165) is 35.0 Å². The molecule has 0 saturated heterocycles. The van der Waals surface area contributed by atoms with Crippen LogP contribution in [0.3, 0.4) is 0 Å². The molecule has 3 unspecified atom stereocenters. The molecule has 1 aliphatic rings. The Hall–Kier alpha value is -1.91. The molecular formula is C16H23N5. The van der Waals surface area contributed by atoms with Gasteiger partial charge in [-0.05, 0) is 53.7 Å². The zero-order chi connectivity index (χ0) is 15.0. The number of nitrogens with two attached hydrogens (primary N) is 1. The number of hydrogen-bond acceptors (Lipinski definition) is 4. The Bertz CT molecular complexity index is 633. The standard InChI is InChI=1S/C16H23N5/c1-4-12-7-8-15(11(12)3)21-16(18-19-20-21)13-6-5-10(2)14(17)9-13/h5-6,9,11-12,15H,4,7-8,17H2,1-3H3. The Morgan fingerprint density at radius 2 is 2.14 bits per heavy atom. The molecule has 5 nitrogen and oxygen atoms in total. The second-order valence-electron chi connectivity index (χ2n) is 6.19. The fourth-order valence-corrected chi connectivity index (χ4v) is 3.53. The van der Waals surface area contributed by atoms with Gasteiger partial charge in [0.25, 0.3) is 0 Å². The monoisotopic (exact) mass is 285 g/mol. The fraction of sp³-hybridized carbons (Fsp3) is 0.562.